The molecule has 5 heteroatoms. The fraction of sp³-hybridized carbons (Fsp3) is 0.400. The lowest BCUT2D eigenvalue weighted by molar-refractivity contribution is 0.446. The first-order valence-electron chi connectivity index (χ1n) is 6.95. The van der Waals surface area contributed by atoms with Crippen LogP contribution in [-0.4, -0.2) is 37.4 Å². The first-order chi connectivity index (χ1) is 9.79. The Balaban J connectivity index is 2.03. The smallest absolute Gasteiger partial charge is 0.251 e. The van der Waals surface area contributed by atoms with Gasteiger partial charge in [-0.05, 0) is 24.3 Å². The summed E-state index contributed by atoms with van der Waals surface area (Å²) < 4.78 is 14.1. The van der Waals surface area contributed by atoms with Crippen LogP contribution < -0.4 is 15.8 Å². The maximum Gasteiger partial charge on any atom is 0.251 e. The lowest BCUT2D eigenvalue weighted by atomic mass is 10.1. The molecular weight excluding hydrogens is 257 g/mol. The van der Waals surface area contributed by atoms with Gasteiger partial charge in [0.15, 0.2) is 0 Å². The molecule has 0 unspecified atom stereocenters. The standard InChI is InChI=1S/C15H18FN3O/c16-5-8-19-14-3-2-13(18-9-6-17-7-10-18)11-12(14)1-4-15(19)20/h1-4,11,17H,5-10H2. The van der Waals surface area contributed by atoms with Gasteiger partial charge < -0.3 is 14.8 Å². The molecule has 3 rings (SSSR count). The summed E-state index contributed by atoms with van der Waals surface area (Å²) in [5.74, 6) is 0. The van der Waals surface area contributed by atoms with E-state index in [4.69, 9.17) is 0 Å². The van der Waals surface area contributed by atoms with Crippen molar-refractivity contribution in [2.24, 2.45) is 0 Å². The summed E-state index contributed by atoms with van der Waals surface area (Å²) in [6.45, 7) is 3.52. The van der Waals surface area contributed by atoms with E-state index in [2.05, 4.69) is 16.3 Å². The van der Waals surface area contributed by atoms with E-state index in [0.717, 1.165) is 42.8 Å². The van der Waals surface area contributed by atoms with Crippen LogP contribution in [0.4, 0.5) is 10.1 Å². The molecule has 1 saturated heterocycles. The van der Waals surface area contributed by atoms with Gasteiger partial charge in [-0.2, -0.15) is 0 Å². The van der Waals surface area contributed by atoms with Crippen molar-refractivity contribution in [3.05, 3.63) is 40.7 Å². The molecule has 1 N–H and O–H groups in total. The molecule has 2 aromatic rings. The number of anilines is 1. The zero-order valence-corrected chi connectivity index (χ0v) is 11.3. The van der Waals surface area contributed by atoms with Crippen LogP contribution in [0.15, 0.2) is 35.1 Å². The molecule has 0 radical (unpaired) electrons. The Morgan fingerprint density at radius 2 is 1.95 bits per heavy atom. The number of aryl methyl sites for hydroxylation is 1. The fourth-order valence-electron chi connectivity index (χ4n) is 2.73. The number of halogens is 1. The number of hydrogen-bond acceptors (Lipinski definition) is 3. The Labute approximate surface area is 116 Å². The molecule has 0 saturated carbocycles. The van der Waals surface area contributed by atoms with E-state index in [0.29, 0.717) is 0 Å². The van der Waals surface area contributed by atoms with Crippen LogP contribution in [0.1, 0.15) is 0 Å². The highest BCUT2D eigenvalue weighted by atomic mass is 19.1. The normalized spacial score (nSPS) is 15.8. The molecule has 1 fully saturated rings. The lowest BCUT2D eigenvalue weighted by Gasteiger charge is -2.29. The number of nitrogens with zero attached hydrogens (tertiary/aromatic N) is 2. The first kappa shape index (κ1) is 13.1. The minimum Gasteiger partial charge on any atom is -0.369 e. The van der Waals surface area contributed by atoms with Crippen LogP contribution in [0.3, 0.4) is 0 Å². The second-order valence-electron chi connectivity index (χ2n) is 4.99. The molecule has 0 bridgehead atoms. The van der Waals surface area contributed by atoms with Crippen molar-refractivity contribution in [1.29, 1.82) is 0 Å². The Morgan fingerprint density at radius 3 is 2.70 bits per heavy atom. The van der Waals surface area contributed by atoms with E-state index in [-0.39, 0.29) is 12.1 Å². The van der Waals surface area contributed by atoms with E-state index in [1.165, 1.54) is 10.6 Å². The number of alkyl halides is 1. The number of nitrogens with one attached hydrogen (secondary N) is 1. The minimum atomic E-state index is -0.529. The van der Waals surface area contributed by atoms with Crippen LogP contribution >= 0.6 is 0 Å². The number of fused-ring (bicyclic) bond motifs is 1. The Bertz CT molecular complexity index is 662. The maximum absolute atomic E-state index is 12.6. The van der Waals surface area contributed by atoms with Crippen LogP contribution in [0.5, 0.6) is 0 Å². The molecule has 4 nitrogen and oxygen atoms in total. The summed E-state index contributed by atoms with van der Waals surface area (Å²) in [7, 11) is 0. The quantitative estimate of drug-likeness (QED) is 0.919. The number of piperazine rings is 1. The number of benzene rings is 1. The first-order valence-corrected chi connectivity index (χ1v) is 6.95. The minimum absolute atomic E-state index is 0.114. The number of hydrogen-bond donors (Lipinski definition) is 1. The van der Waals surface area contributed by atoms with Gasteiger partial charge in [0.1, 0.15) is 6.67 Å². The summed E-state index contributed by atoms with van der Waals surface area (Å²) in [6.07, 6.45) is 0. The molecule has 1 aromatic heterocycles. The second-order valence-corrected chi connectivity index (χ2v) is 4.99. The van der Waals surface area contributed by atoms with Crippen molar-refractivity contribution in [3.8, 4) is 0 Å². The summed E-state index contributed by atoms with van der Waals surface area (Å²) in [5.41, 5.74) is 1.81. The molecule has 1 aliphatic heterocycles. The molecule has 2 heterocycles. The maximum atomic E-state index is 12.6. The monoisotopic (exact) mass is 275 g/mol. The van der Waals surface area contributed by atoms with Gasteiger partial charge in [0.05, 0.1) is 12.1 Å². The fourth-order valence-corrected chi connectivity index (χ4v) is 2.73. The summed E-state index contributed by atoms with van der Waals surface area (Å²) >= 11 is 0. The zero-order chi connectivity index (χ0) is 13.9. The van der Waals surface area contributed by atoms with E-state index < -0.39 is 6.67 Å². The van der Waals surface area contributed by atoms with Gasteiger partial charge >= 0.3 is 0 Å². The lowest BCUT2D eigenvalue weighted by Crippen LogP contribution is -2.43. The predicted molar refractivity (Wildman–Crippen MR) is 79.3 cm³/mol. The van der Waals surface area contributed by atoms with Crippen LogP contribution in [0.2, 0.25) is 0 Å². The van der Waals surface area contributed by atoms with Crippen LogP contribution in [0, 0.1) is 0 Å². The molecule has 0 spiro atoms. The van der Waals surface area contributed by atoms with E-state index in [1.807, 2.05) is 18.2 Å². The van der Waals surface area contributed by atoms with Gasteiger partial charge in [0.2, 0.25) is 0 Å². The van der Waals surface area contributed by atoms with Crippen molar-refractivity contribution >= 4 is 16.6 Å². The molecule has 0 amide bonds. The highest BCUT2D eigenvalue weighted by Gasteiger charge is 2.11. The Kier molecular flexibility index (Phi) is 3.69. The molecule has 0 aliphatic carbocycles. The summed E-state index contributed by atoms with van der Waals surface area (Å²) in [6, 6.07) is 9.35. The van der Waals surface area contributed by atoms with E-state index in [1.54, 1.807) is 0 Å². The van der Waals surface area contributed by atoms with Crippen molar-refractivity contribution in [1.82, 2.24) is 9.88 Å². The highest BCUT2D eigenvalue weighted by Crippen LogP contribution is 2.21. The molecule has 1 aliphatic rings. The average Bonchev–Trinajstić information content (AvgIpc) is 2.51. The predicted octanol–water partition coefficient (Wildman–Crippen LogP) is 1.38. The van der Waals surface area contributed by atoms with Crippen molar-refractivity contribution in [2.45, 2.75) is 6.54 Å². The van der Waals surface area contributed by atoms with Gasteiger partial charge in [-0.1, -0.05) is 0 Å². The third-order valence-electron chi connectivity index (χ3n) is 3.76. The van der Waals surface area contributed by atoms with E-state index in [9.17, 15) is 9.18 Å². The third-order valence-corrected chi connectivity index (χ3v) is 3.76. The SMILES string of the molecule is O=c1ccc2cc(N3CCNCC3)ccc2n1CCF. The molecule has 106 valence electrons. The molecule has 20 heavy (non-hydrogen) atoms. The van der Waals surface area contributed by atoms with Gasteiger partial charge in [0.25, 0.3) is 5.56 Å². The Hall–Kier alpha value is -1.88. The summed E-state index contributed by atoms with van der Waals surface area (Å²) in [5, 5.41) is 4.31. The molecule has 1 aromatic carbocycles. The van der Waals surface area contributed by atoms with Crippen molar-refractivity contribution in [2.75, 3.05) is 37.8 Å². The van der Waals surface area contributed by atoms with Gasteiger partial charge in [-0.3, -0.25) is 4.79 Å². The number of aromatic nitrogens is 1. The summed E-state index contributed by atoms with van der Waals surface area (Å²) in [4.78, 5) is 14.1. The molecule has 0 atom stereocenters. The number of rotatable bonds is 3. The molecular formula is C15H18FN3O. The largest absolute Gasteiger partial charge is 0.369 e. The van der Waals surface area contributed by atoms with Crippen LogP contribution in [0.25, 0.3) is 10.9 Å². The topological polar surface area (TPSA) is 37.3 Å². The van der Waals surface area contributed by atoms with Crippen molar-refractivity contribution in [3.63, 3.8) is 0 Å². The Morgan fingerprint density at radius 1 is 1.15 bits per heavy atom. The van der Waals surface area contributed by atoms with Gasteiger partial charge in [-0.15, -0.1) is 0 Å². The third kappa shape index (κ3) is 2.41. The van der Waals surface area contributed by atoms with E-state index >= 15 is 0 Å². The second kappa shape index (κ2) is 5.63. The number of pyridine rings is 1. The average molecular weight is 275 g/mol. The van der Waals surface area contributed by atoms with Crippen LogP contribution in [-0.2, 0) is 6.54 Å². The highest BCUT2D eigenvalue weighted by molar-refractivity contribution is 5.83. The van der Waals surface area contributed by atoms with Gasteiger partial charge in [0, 0.05) is 43.3 Å². The van der Waals surface area contributed by atoms with Crippen molar-refractivity contribution < 1.29 is 4.39 Å². The zero-order valence-electron chi connectivity index (χ0n) is 11.3. The van der Waals surface area contributed by atoms with Gasteiger partial charge in [-0.25, -0.2) is 4.39 Å².